The fraction of sp³-hybridized carbons (Fsp3) is 0.368. The van der Waals surface area contributed by atoms with Crippen molar-refractivity contribution in [2.45, 2.75) is 45.8 Å². The summed E-state index contributed by atoms with van der Waals surface area (Å²) in [4.78, 5) is 23.9. The van der Waals surface area contributed by atoms with Gasteiger partial charge in [-0.25, -0.2) is 4.79 Å². The van der Waals surface area contributed by atoms with Gasteiger partial charge in [-0.2, -0.15) is 0 Å². The lowest BCUT2D eigenvalue weighted by Gasteiger charge is -2.29. The molecule has 2 aromatic carbocycles. The molecule has 4 nitrogen and oxygen atoms in total. The highest BCUT2D eigenvalue weighted by Gasteiger charge is 2.32. The molecule has 4 heteroatoms. The topological polar surface area (TPSA) is 55.4 Å². The van der Waals surface area contributed by atoms with E-state index in [-0.39, 0.29) is 0 Å². The average molecular weight is 313 g/mol. The molecule has 2 aromatic rings. The van der Waals surface area contributed by atoms with Crippen LogP contribution in [0, 0.1) is 6.92 Å². The number of aldehydes is 1. The minimum atomic E-state index is -1.16. The van der Waals surface area contributed by atoms with Crippen molar-refractivity contribution in [3.05, 3.63) is 47.5 Å². The lowest BCUT2D eigenvalue weighted by atomic mass is 9.87. The maximum atomic E-state index is 12.1. The van der Waals surface area contributed by atoms with E-state index < -0.39 is 17.2 Å². The maximum absolute atomic E-state index is 12.1. The number of ether oxygens (including phenoxy) is 1. The summed E-state index contributed by atoms with van der Waals surface area (Å²) in [6, 6.07) is 11.7. The van der Waals surface area contributed by atoms with Gasteiger partial charge in [0.2, 0.25) is 0 Å². The molecule has 0 radical (unpaired) electrons. The molecule has 2 rings (SSSR count). The molecule has 0 spiro atoms. The van der Waals surface area contributed by atoms with Crippen LogP contribution in [0.1, 0.15) is 38.8 Å². The number of alkyl carbamates (subject to hydrolysis) is 1. The Labute approximate surface area is 136 Å². The predicted octanol–water partition coefficient (Wildman–Crippen LogP) is 4.09. The molecule has 0 aromatic heterocycles. The molecule has 0 aliphatic rings. The van der Waals surface area contributed by atoms with Gasteiger partial charge in [0.25, 0.3) is 0 Å². The van der Waals surface area contributed by atoms with Gasteiger partial charge in [0.1, 0.15) is 17.4 Å². The molecule has 1 atom stereocenters. The molecule has 0 saturated carbocycles. The Bertz CT molecular complexity index is 746. The Balaban J connectivity index is 2.46. The number of aryl methyl sites for hydroxylation is 1. The lowest BCUT2D eigenvalue weighted by molar-refractivity contribution is -0.113. The van der Waals surface area contributed by atoms with E-state index in [9.17, 15) is 9.59 Å². The van der Waals surface area contributed by atoms with Crippen molar-refractivity contribution >= 4 is 23.2 Å². The number of benzene rings is 2. The predicted molar refractivity (Wildman–Crippen MR) is 91.5 cm³/mol. The average Bonchev–Trinajstić information content (AvgIpc) is 2.45. The zero-order valence-electron chi connectivity index (χ0n) is 14.3. The van der Waals surface area contributed by atoms with Crippen molar-refractivity contribution in [2.75, 3.05) is 0 Å². The second kappa shape index (κ2) is 6.03. The van der Waals surface area contributed by atoms with Gasteiger partial charge in [-0.05, 0) is 56.5 Å². The van der Waals surface area contributed by atoms with Crippen molar-refractivity contribution in [3.8, 4) is 0 Å². The standard InChI is InChI=1S/C19H23NO3/c1-13-10-11-16(15-9-7-6-8-14(13)15)19(5,12-21)20-17(22)23-18(2,3)4/h6-12H,1-5H3,(H,20,22). The SMILES string of the molecule is Cc1ccc(C(C)(C=O)NC(=O)OC(C)(C)C)c2ccccc12. The van der Waals surface area contributed by atoms with Crippen LogP contribution in [0.15, 0.2) is 36.4 Å². The fourth-order valence-corrected chi connectivity index (χ4v) is 2.58. The smallest absolute Gasteiger partial charge is 0.408 e. The highest BCUT2D eigenvalue weighted by Crippen LogP contribution is 2.30. The van der Waals surface area contributed by atoms with E-state index in [1.54, 1.807) is 27.7 Å². The van der Waals surface area contributed by atoms with Crippen LogP contribution in [0.5, 0.6) is 0 Å². The second-order valence-corrected chi connectivity index (χ2v) is 6.92. The first-order valence-electron chi connectivity index (χ1n) is 7.62. The molecule has 0 heterocycles. The van der Waals surface area contributed by atoms with Crippen LogP contribution in [0.25, 0.3) is 10.8 Å². The third-order valence-electron chi connectivity index (χ3n) is 3.70. The van der Waals surface area contributed by atoms with Gasteiger partial charge < -0.3 is 14.8 Å². The Morgan fingerprint density at radius 3 is 2.22 bits per heavy atom. The number of fused-ring (bicyclic) bond motifs is 1. The van der Waals surface area contributed by atoms with E-state index in [4.69, 9.17) is 4.74 Å². The Kier molecular flexibility index (Phi) is 4.46. The van der Waals surface area contributed by atoms with Crippen molar-refractivity contribution in [2.24, 2.45) is 0 Å². The Morgan fingerprint density at radius 2 is 1.65 bits per heavy atom. The highest BCUT2D eigenvalue weighted by molar-refractivity contribution is 5.93. The number of nitrogens with one attached hydrogen (secondary N) is 1. The minimum absolute atomic E-state index is 0.614. The molecule has 1 amide bonds. The molecule has 1 N–H and O–H groups in total. The summed E-state index contributed by atoms with van der Waals surface area (Å²) in [5.74, 6) is 0. The lowest BCUT2D eigenvalue weighted by Crippen LogP contribution is -2.47. The maximum Gasteiger partial charge on any atom is 0.408 e. The van der Waals surface area contributed by atoms with Crippen molar-refractivity contribution in [3.63, 3.8) is 0 Å². The van der Waals surface area contributed by atoms with Gasteiger partial charge >= 0.3 is 6.09 Å². The highest BCUT2D eigenvalue weighted by atomic mass is 16.6. The summed E-state index contributed by atoms with van der Waals surface area (Å²) in [5.41, 5.74) is 0.0909. The molecule has 0 aliphatic carbocycles. The first-order chi connectivity index (χ1) is 10.7. The normalized spacial score (nSPS) is 14.1. The van der Waals surface area contributed by atoms with Crippen molar-refractivity contribution in [1.82, 2.24) is 5.32 Å². The van der Waals surface area contributed by atoms with E-state index in [2.05, 4.69) is 5.32 Å². The van der Waals surface area contributed by atoms with Crippen molar-refractivity contribution in [1.29, 1.82) is 0 Å². The molecule has 23 heavy (non-hydrogen) atoms. The largest absolute Gasteiger partial charge is 0.444 e. The van der Waals surface area contributed by atoms with E-state index in [0.29, 0.717) is 0 Å². The molecule has 0 aliphatic heterocycles. The quantitative estimate of drug-likeness (QED) is 0.868. The molecule has 1 unspecified atom stereocenters. The molecular formula is C19H23NO3. The van der Waals surface area contributed by atoms with Gasteiger partial charge in [0.05, 0.1) is 0 Å². The van der Waals surface area contributed by atoms with Crippen molar-refractivity contribution < 1.29 is 14.3 Å². The number of hydrogen-bond donors (Lipinski definition) is 1. The number of carbonyl (C=O) groups is 2. The van der Waals surface area contributed by atoms with E-state index >= 15 is 0 Å². The van der Waals surface area contributed by atoms with Crippen LogP contribution in [0.4, 0.5) is 4.79 Å². The van der Waals surface area contributed by atoms with Crippen LogP contribution in [-0.4, -0.2) is 18.0 Å². The monoisotopic (exact) mass is 313 g/mol. The van der Waals surface area contributed by atoms with Crippen LogP contribution in [0.3, 0.4) is 0 Å². The molecule has 0 bridgehead atoms. The zero-order valence-corrected chi connectivity index (χ0v) is 14.3. The van der Waals surface area contributed by atoms with E-state index in [1.165, 1.54) is 0 Å². The Morgan fingerprint density at radius 1 is 1.04 bits per heavy atom. The minimum Gasteiger partial charge on any atom is -0.444 e. The molecular weight excluding hydrogens is 290 g/mol. The van der Waals surface area contributed by atoms with Gasteiger partial charge in [-0.1, -0.05) is 36.4 Å². The van der Waals surface area contributed by atoms with E-state index in [1.807, 2.05) is 43.3 Å². The molecule has 0 saturated heterocycles. The van der Waals surface area contributed by atoms with E-state index in [0.717, 1.165) is 28.2 Å². The van der Waals surface area contributed by atoms with Crippen LogP contribution in [0.2, 0.25) is 0 Å². The van der Waals surface area contributed by atoms with Crippen LogP contribution >= 0.6 is 0 Å². The van der Waals surface area contributed by atoms with Gasteiger partial charge in [-0.3, -0.25) is 0 Å². The third kappa shape index (κ3) is 3.70. The van der Waals surface area contributed by atoms with Crippen LogP contribution in [-0.2, 0) is 15.1 Å². The second-order valence-electron chi connectivity index (χ2n) is 6.92. The Hall–Kier alpha value is -2.36. The summed E-state index contributed by atoms with van der Waals surface area (Å²) in [7, 11) is 0. The summed E-state index contributed by atoms with van der Waals surface area (Å²) in [5, 5.41) is 4.70. The number of rotatable bonds is 3. The van der Waals surface area contributed by atoms with Crippen LogP contribution < -0.4 is 5.32 Å². The van der Waals surface area contributed by atoms with Gasteiger partial charge in [0, 0.05) is 0 Å². The number of amides is 1. The first-order valence-corrected chi connectivity index (χ1v) is 7.62. The fourth-order valence-electron chi connectivity index (χ4n) is 2.58. The summed E-state index contributed by atoms with van der Waals surface area (Å²) < 4.78 is 5.28. The molecule has 122 valence electrons. The first kappa shape index (κ1) is 17.0. The zero-order chi connectivity index (χ0) is 17.3. The summed E-state index contributed by atoms with van der Waals surface area (Å²) >= 11 is 0. The number of carbonyl (C=O) groups excluding carboxylic acids is 2. The summed E-state index contributed by atoms with van der Waals surface area (Å²) in [6.07, 6.45) is 0.130. The van der Waals surface area contributed by atoms with Gasteiger partial charge in [0.15, 0.2) is 0 Å². The summed E-state index contributed by atoms with van der Waals surface area (Å²) in [6.45, 7) is 9.05. The third-order valence-corrected chi connectivity index (χ3v) is 3.70. The molecule has 0 fully saturated rings. The van der Waals surface area contributed by atoms with Gasteiger partial charge in [-0.15, -0.1) is 0 Å². The number of hydrogen-bond acceptors (Lipinski definition) is 3.